The highest BCUT2D eigenvalue weighted by molar-refractivity contribution is 6.28. The van der Waals surface area contributed by atoms with Gasteiger partial charge in [-0.3, -0.25) is 30.0 Å². The predicted octanol–water partition coefficient (Wildman–Crippen LogP) is 0.0756. The molecule has 0 bridgehead atoms. The minimum atomic E-state index is -1.00. The van der Waals surface area contributed by atoms with E-state index >= 15 is 0 Å². The fourth-order valence-electron chi connectivity index (χ4n) is 1.34. The number of nitrogens with one attached hydrogen (secondary N) is 2. The van der Waals surface area contributed by atoms with E-state index in [0.29, 0.717) is 0 Å². The smallest absolute Gasteiger partial charge is 0.349 e. The summed E-state index contributed by atoms with van der Waals surface area (Å²) in [6, 6.07) is 0. The molecular formula is C10H10ClN7O6. The Hall–Kier alpha value is -3.35. The van der Waals surface area contributed by atoms with E-state index in [0.717, 1.165) is 12.4 Å². The number of hydrogen-bond donors (Lipinski definition) is 2. The first kappa shape index (κ1) is 18.7. The summed E-state index contributed by atoms with van der Waals surface area (Å²) in [5.41, 5.74) is -2.60. The average molecular weight is 360 g/mol. The van der Waals surface area contributed by atoms with Crippen LogP contribution < -0.4 is 16.1 Å². The van der Waals surface area contributed by atoms with Gasteiger partial charge < -0.3 is 9.88 Å². The van der Waals surface area contributed by atoms with Crippen molar-refractivity contribution in [3.05, 3.63) is 58.7 Å². The molecule has 13 nitrogen and oxygen atoms in total. The van der Waals surface area contributed by atoms with Gasteiger partial charge in [0.1, 0.15) is 6.20 Å². The van der Waals surface area contributed by atoms with Gasteiger partial charge in [-0.25, -0.2) is 9.78 Å². The number of nitrogens with zero attached hydrogens (tertiary/aromatic N) is 5. The highest BCUT2D eigenvalue weighted by Gasteiger charge is 2.18. The molecule has 2 heterocycles. The van der Waals surface area contributed by atoms with E-state index in [4.69, 9.17) is 11.6 Å². The molecule has 0 unspecified atom stereocenters. The maximum Gasteiger partial charge on any atom is 0.349 e. The predicted molar refractivity (Wildman–Crippen MR) is 82.4 cm³/mol. The number of hydrogen-bond acceptors (Lipinski definition) is 9. The van der Waals surface area contributed by atoms with Crippen LogP contribution in [0.4, 0.5) is 17.2 Å². The van der Waals surface area contributed by atoms with Crippen LogP contribution in [0.2, 0.25) is 5.28 Å². The zero-order valence-electron chi connectivity index (χ0n) is 12.2. The Labute approximate surface area is 137 Å². The molecule has 0 amide bonds. The molecule has 0 spiro atoms. The van der Waals surface area contributed by atoms with Crippen molar-refractivity contribution in [2.75, 3.05) is 19.0 Å². The van der Waals surface area contributed by atoms with Crippen molar-refractivity contribution >= 4 is 28.8 Å². The van der Waals surface area contributed by atoms with Crippen LogP contribution in [0.5, 0.6) is 0 Å². The molecule has 0 aromatic carbocycles. The lowest BCUT2D eigenvalue weighted by molar-refractivity contribution is -0.386. The van der Waals surface area contributed by atoms with Crippen molar-refractivity contribution in [2.45, 2.75) is 0 Å². The number of anilines is 1. The summed E-state index contributed by atoms with van der Waals surface area (Å²) in [7, 11) is 3.29. The van der Waals surface area contributed by atoms with Crippen LogP contribution in [-0.2, 0) is 0 Å². The maximum atomic E-state index is 10.6. The molecular weight excluding hydrogens is 350 g/mol. The Morgan fingerprint density at radius 1 is 1.17 bits per heavy atom. The SMILES string of the molecule is CN(C)c1nc(Cl)ncc1[N+](=O)[O-].O=c1[nH]cc([N+](=O)[O-])c(=O)[nH]1. The van der Waals surface area contributed by atoms with E-state index < -0.39 is 26.8 Å². The van der Waals surface area contributed by atoms with Gasteiger partial charge in [-0.05, 0) is 11.6 Å². The van der Waals surface area contributed by atoms with E-state index in [-0.39, 0.29) is 16.8 Å². The first-order valence-corrected chi connectivity index (χ1v) is 6.32. The molecule has 2 rings (SSSR count). The van der Waals surface area contributed by atoms with E-state index in [1.165, 1.54) is 4.90 Å². The molecule has 2 aromatic rings. The Balaban J connectivity index is 0.000000243. The number of rotatable bonds is 3. The van der Waals surface area contributed by atoms with Gasteiger partial charge >= 0.3 is 22.6 Å². The minimum absolute atomic E-state index is 0.00528. The normalized spacial score (nSPS) is 9.62. The van der Waals surface area contributed by atoms with Crippen molar-refractivity contribution in [3.63, 3.8) is 0 Å². The second-order valence-corrected chi connectivity index (χ2v) is 4.55. The molecule has 0 radical (unpaired) electrons. The molecule has 0 aliphatic rings. The molecule has 0 fully saturated rings. The van der Waals surface area contributed by atoms with Gasteiger partial charge in [0, 0.05) is 14.1 Å². The van der Waals surface area contributed by atoms with E-state index in [1.807, 2.05) is 4.98 Å². The topological polar surface area (TPSA) is 181 Å². The molecule has 24 heavy (non-hydrogen) atoms. The largest absolute Gasteiger partial charge is 0.357 e. The van der Waals surface area contributed by atoms with Gasteiger partial charge in [-0.15, -0.1) is 0 Å². The van der Waals surface area contributed by atoms with Crippen molar-refractivity contribution in [1.29, 1.82) is 0 Å². The highest BCUT2D eigenvalue weighted by atomic mass is 35.5. The van der Waals surface area contributed by atoms with Gasteiger partial charge in [-0.2, -0.15) is 4.98 Å². The summed E-state index contributed by atoms with van der Waals surface area (Å²) in [5.74, 6) is 0.199. The first-order chi connectivity index (χ1) is 11.1. The fourth-order valence-corrected chi connectivity index (χ4v) is 1.47. The van der Waals surface area contributed by atoms with Crippen LogP contribution in [0.3, 0.4) is 0 Å². The summed E-state index contributed by atoms with van der Waals surface area (Å²) in [4.78, 5) is 52.4. The minimum Gasteiger partial charge on any atom is -0.357 e. The third kappa shape index (κ3) is 4.84. The van der Waals surface area contributed by atoms with Gasteiger partial charge in [-0.1, -0.05) is 0 Å². The van der Waals surface area contributed by atoms with E-state index in [9.17, 15) is 29.8 Å². The van der Waals surface area contributed by atoms with Gasteiger partial charge in [0.2, 0.25) is 11.1 Å². The highest BCUT2D eigenvalue weighted by Crippen LogP contribution is 2.23. The lowest BCUT2D eigenvalue weighted by atomic mass is 10.4. The molecule has 2 aromatic heterocycles. The molecule has 0 atom stereocenters. The summed E-state index contributed by atoms with van der Waals surface area (Å²) < 4.78 is 0. The van der Waals surface area contributed by atoms with Crippen molar-refractivity contribution in [3.8, 4) is 0 Å². The number of halogens is 1. The van der Waals surface area contributed by atoms with Crippen LogP contribution in [-0.4, -0.2) is 43.9 Å². The fraction of sp³-hybridized carbons (Fsp3) is 0.200. The summed E-state index contributed by atoms with van der Waals surface area (Å²) >= 11 is 5.49. The van der Waals surface area contributed by atoms with Crippen LogP contribution in [0.1, 0.15) is 0 Å². The molecule has 0 aliphatic carbocycles. The quantitative estimate of drug-likeness (QED) is 0.435. The first-order valence-electron chi connectivity index (χ1n) is 5.94. The van der Waals surface area contributed by atoms with Crippen molar-refractivity contribution in [2.24, 2.45) is 0 Å². The monoisotopic (exact) mass is 359 g/mol. The number of aromatic amines is 2. The molecule has 128 valence electrons. The van der Waals surface area contributed by atoms with Crippen LogP contribution in [0.25, 0.3) is 0 Å². The van der Waals surface area contributed by atoms with Gasteiger partial charge in [0.15, 0.2) is 0 Å². The van der Waals surface area contributed by atoms with Gasteiger partial charge in [0.05, 0.1) is 16.0 Å². The number of aromatic nitrogens is 4. The van der Waals surface area contributed by atoms with Crippen LogP contribution >= 0.6 is 11.6 Å². The Morgan fingerprint density at radius 3 is 2.21 bits per heavy atom. The third-order valence-electron chi connectivity index (χ3n) is 2.34. The molecule has 0 saturated heterocycles. The van der Waals surface area contributed by atoms with Gasteiger partial charge in [0.25, 0.3) is 0 Å². The second-order valence-electron chi connectivity index (χ2n) is 4.21. The second kappa shape index (κ2) is 7.77. The maximum absolute atomic E-state index is 10.6. The summed E-state index contributed by atoms with van der Waals surface area (Å²) in [5, 5.41) is 20.5. The lowest BCUT2D eigenvalue weighted by Gasteiger charge is -2.10. The molecule has 0 aliphatic heterocycles. The third-order valence-corrected chi connectivity index (χ3v) is 2.52. The van der Waals surface area contributed by atoms with Crippen molar-refractivity contribution in [1.82, 2.24) is 19.9 Å². The number of H-pyrrole nitrogens is 2. The molecule has 14 heteroatoms. The zero-order valence-corrected chi connectivity index (χ0v) is 13.0. The van der Waals surface area contributed by atoms with Crippen LogP contribution in [0, 0.1) is 20.2 Å². The Morgan fingerprint density at radius 2 is 1.75 bits per heavy atom. The Bertz CT molecular complexity index is 876. The van der Waals surface area contributed by atoms with E-state index in [2.05, 4.69) is 9.97 Å². The zero-order chi connectivity index (χ0) is 18.4. The molecule has 0 saturated carbocycles. The summed E-state index contributed by atoms with van der Waals surface area (Å²) in [6.45, 7) is 0. The number of nitro groups is 2. The van der Waals surface area contributed by atoms with E-state index in [1.54, 1.807) is 19.1 Å². The standard InChI is InChI=1S/C6H7ClN4O2.C4H3N3O4/c1-10(2)5-4(11(12)13)3-8-6(7)9-5;8-3-2(7(10)11)1-5-4(9)6-3/h3H,1-2H3;1H,(H2,5,6,8,9). The van der Waals surface area contributed by atoms with Crippen molar-refractivity contribution < 1.29 is 9.85 Å². The summed E-state index contributed by atoms with van der Waals surface area (Å²) in [6.07, 6.45) is 1.84. The van der Waals surface area contributed by atoms with Crippen LogP contribution in [0.15, 0.2) is 22.0 Å². The lowest BCUT2D eigenvalue weighted by Crippen LogP contribution is -2.23. The Kier molecular flexibility index (Phi) is 6.06. The molecule has 2 N–H and O–H groups in total. The average Bonchev–Trinajstić information content (AvgIpc) is 2.46.